The van der Waals surface area contributed by atoms with Gasteiger partial charge in [0.05, 0.1) is 5.39 Å². The van der Waals surface area contributed by atoms with E-state index < -0.39 is 0 Å². The molecule has 6 nitrogen and oxygen atoms in total. The molecule has 0 aromatic carbocycles. The molecule has 0 saturated heterocycles. The fraction of sp³-hybridized carbons (Fsp3) is 0.231. The number of fused-ring (bicyclic) bond motifs is 1. The van der Waals surface area contributed by atoms with E-state index in [0.29, 0.717) is 28.9 Å². The summed E-state index contributed by atoms with van der Waals surface area (Å²) in [5.74, 6) is 0.585. The van der Waals surface area contributed by atoms with Crippen LogP contribution in [-0.4, -0.2) is 19.9 Å². The minimum atomic E-state index is -0.234. The Balaban J connectivity index is 2.44. The average molecular weight is 256 g/mol. The van der Waals surface area contributed by atoms with E-state index in [1.807, 2.05) is 19.1 Å². The predicted octanol–water partition coefficient (Wildman–Crippen LogP) is 1.77. The van der Waals surface area contributed by atoms with Crippen molar-refractivity contribution in [1.29, 1.82) is 0 Å². The highest BCUT2D eigenvalue weighted by atomic mass is 16.5. The Bertz CT molecular complexity index is 790. The predicted molar refractivity (Wildman–Crippen MR) is 69.7 cm³/mol. The van der Waals surface area contributed by atoms with Gasteiger partial charge in [0.15, 0.2) is 5.52 Å². The van der Waals surface area contributed by atoms with Crippen LogP contribution in [0.3, 0.4) is 0 Å². The summed E-state index contributed by atoms with van der Waals surface area (Å²) in [6.45, 7) is 4.11. The van der Waals surface area contributed by atoms with Crippen molar-refractivity contribution >= 4 is 10.9 Å². The molecule has 0 radical (unpaired) electrons. The Kier molecular flexibility index (Phi) is 2.63. The molecule has 3 heterocycles. The van der Waals surface area contributed by atoms with Crippen LogP contribution in [0.15, 0.2) is 33.8 Å². The van der Waals surface area contributed by atoms with Gasteiger partial charge in [-0.25, -0.2) is 4.68 Å². The molecule has 0 fully saturated rings. The van der Waals surface area contributed by atoms with Gasteiger partial charge in [0.2, 0.25) is 0 Å². The molecule has 0 aliphatic carbocycles. The second kappa shape index (κ2) is 4.31. The molecule has 3 aromatic rings. The fourth-order valence-electron chi connectivity index (χ4n) is 2.05. The van der Waals surface area contributed by atoms with Gasteiger partial charge in [-0.05, 0) is 26.0 Å². The molecular formula is C13H12N4O2. The highest BCUT2D eigenvalue weighted by molar-refractivity contribution is 5.92. The van der Waals surface area contributed by atoms with Crippen LogP contribution in [0, 0.1) is 6.92 Å². The SMILES string of the molecule is CCn1nc(-c2cccnc2)c2c(C)onc2c1=O. The fourth-order valence-corrected chi connectivity index (χ4v) is 2.05. The number of nitrogens with zero attached hydrogens (tertiary/aromatic N) is 4. The normalized spacial score (nSPS) is 11.1. The minimum absolute atomic E-state index is 0.234. The molecule has 19 heavy (non-hydrogen) atoms. The van der Waals surface area contributed by atoms with Gasteiger partial charge < -0.3 is 4.52 Å². The van der Waals surface area contributed by atoms with Crippen molar-refractivity contribution in [3.05, 3.63) is 40.6 Å². The maximum absolute atomic E-state index is 12.1. The quantitative estimate of drug-likeness (QED) is 0.698. The standard InChI is InChI=1S/C13H12N4O2/c1-3-17-13(18)12-10(8(2)19-16-12)11(15-17)9-5-4-6-14-7-9/h4-7H,3H2,1-2H3. The second-order valence-corrected chi connectivity index (χ2v) is 4.17. The van der Waals surface area contributed by atoms with Crippen LogP contribution in [-0.2, 0) is 6.54 Å². The van der Waals surface area contributed by atoms with Gasteiger partial charge in [0.25, 0.3) is 5.56 Å². The summed E-state index contributed by atoms with van der Waals surface area (Å²) in [5.41, 5.74) is 1.58. The summed E-state index contributed by atoms with van der Waals surface area (Å²) in [4.78, 5) is 16.2. The molecule has 0 bridgehead atoms. The van der Waals surface area contributed by atoms with E-state index in [9.17, 15) is 4.79 Å². The molecule has 0 aliphatic rings. The Morgan fingerprint density at radius 1 is 1.42 bits per heavy atom. The Hall–Kier alpha value is -2.50. The summed E-state index contributed by atoms with van der Waals surface area (Å²) in [7, 11) is 0. The van der Waals surface area contributed by atoms with Crippen molar-refractivity contribution in [2.75, 3.05) is 0 Å². The highest BCUT2D eigenvalue weighted by Gasteiger charge is 2.18. The monoisotopic (exact) mass is 256 g/mol. The molecule has 0 amide bonds. The van der Waals surface area contributed by atoms with Crippen LogP contribution in [0.25, 0.3) is 22.2 Å². The molecule has 6 heteroatoms. The van der Waals surface area contributed by atoms with Crippen LogP contribution >= 0.6 is 0 Å². The van der Waals surface area contributed by atoms with E-state index in [4.69, 9.17) is 4.52 Å². The lowest BCUT2D eigenvalue weighted by atomic mass is 10.1. The third-order valence-corrected chi connectivity index (χ3v) is 2.99. The number of pyridine rings is 1. The lowest BCUT2D eigenvalue weighted by Gasteiger charge is -2.06. The van der Waals surface area contributed by atoms with Gasteiger partial charge in [-0.3, -0.25) is 9.78 Å². The zero-order chi connectivity index (χ0) is 13.4. The van der Waals surface area contributed by atoms with Crippen molar-refractivity contribution < 1.29 is 4.52 Å². The first-order valence-electron chi connectivity index (χ1n) is 6.00. The zero-order valence-electron chi connectivity index (χ0n) is 10.6. The van der Waals surface area contributed by atoms with E-state index in [1.165, 1.54) is 4.68 Å². The summed E-state index contributed by atoms with van der Waals surface area (Å²) < 4.78 is 6.52. The Morgan fingerprint density at radius 3 is 2.95 bits per heavy atom. The first kappa shape index (κ1) is 11.6. The van der Waals surface area contributed by atoms with Crippen molar-refractivity contribution in [2.24, 2.45) is 0 Å². The Labute approximate surface area is 108 Å². The van der Waals surface area contributed by atoms with Gasteiger partial charge >= 0.3 is 0 Å². The molecular weight excluding hydrogens is 244 g/mol. The third-order valence-electron chi connectivity index (χ3n) is 2.99. The highest BCUT2D eigenvalue weighted by Crippen LogP contribution is 2.26. The van der Waals surface area contributed by atoms with E-state index in [2.05, 4.69) is 15.2 Å². The van der Waals surface area contributed by atoms with E-state index in [1.54, 1.807) is 19.3 Å². The molecule has 0 saturated carbocycles. The maximum Gasteiger partial charge on any atom is 0.296 e. The third kappa shape index (κ3) is 1.72. The van der Waals surface area contributed by atoms with Crippen LogP contribution < -0.4 is 5.56 Å². The topological polar surface area (TPSA) is 73.8 Å². The first-order valence-corrected chi connectivity index (χ1v) is 6.00. The molecule has 0 atom stereocenters. The molecule has 0 aliphatic heterocycles. The van der Waals surface area contributed by atoms with E-state index in [-0.39, 0.29) is 5.56 Å². The van der Waals surface area contributed by atoms with Crippen molar-refractivity contribution in [3.8, 4) is 11.3 Å². The molecule has 3 aromatic heterocycles. The first-order chi connectivity index (χ1) is 9.22. The van der Waals surface area contributed by atoms with Gasteiger partial charge in [0, 0.05) is 24.5 Å². The number of rotatable bonds is 2. The molecule has 96 valence electrons. The van der Waals surface area contributed by atoms with Gasteiger partial charge in [-0.2, -0.15) is 5.10 Å². The molecule has 0 unspecified atom stereocenters. The minimum Gasteiger partial charge on any atom is -0.360 e. The number of hydrogen-bond acceptors (Lipinski definition) is 5. The lowest BCUT2D eigenvalue weighted by Crippen LogP contribution is -2.23. The largest absolute Gasteiger partial charge is 0.360 e. The summed E-state index contributed by atoms with van der Waals surface area (Å²) in [5, 5.41) is 8.89. The van der Waals surface area contributed by atoms with E-state index >= 15 is 0 Å². The summed E-state index contributed by atoms with van der Waals surface area (Å²) >= 11 is 0. The van der Waals surface area contributed by atoms with Crippen LogP contribution in [0.1, 0.15) is 12.7 Å². The molecule has 0 N–H and O–H groups in total. The number of hydrogen-bond donors (Lipinski definition) is 0. The Morgan fingerprint density at radius 2 is 2.26 bits per heavy atom. The van der Waals surface area contributed by atoms with Crippen LogP contribution in [0.5, 0.6) is 0 Å². The van der Waals surface area contributed by atoms with Crippen molar-refractivity contribution in [3.63, 3.8) is 0 Å². The number of aromatic nitrogens is 4. The van der Waals surface area contributed by atoms with Crippen molar-refractivity contribution in [1.82, 2.24) is 19.9 Å². The summed E-state index contributed by atoms with van der Waals surface area (Å²) in [6, 6.07) is 3.72. The van der Waals surface area contributed by atoms with Gasteiger partial charge in [-0.1, -0.05) is 5.16 Å². The van der Waals surface area contributed by atoms with Crippen molar-refractivity contribution in [2.45, 2.75) is 20.4 Å². The van der Waals surface area contributed by atoms with Gasteiger partial charge in [0.1, 0.15) is 11.5 Å². The smallest absolute Gasteiger partial charge is 0.296 e. The van der Waals surface area contributed by atoms with Crippen LogP contribution in [0.2, 0.25) is 0 Å². The zero-order valence-corrected chi connectivity index (χ0v) is 10.6. The van der Waals surface area contributed by atoms with E-state index in [0.717, 1.165) is 5.56 Å². The maximum atomic E-state index is 12.1. The summed E-state index contributed by atoms with van der Waals surface area (Å²) in [6.07, 6.45) is 3.40. The van der Waals surface area contributed by atoms with Crippen LogP contribution in [0.4, 0.5) is 0 Å². The number of aryl methyl sites for hydroxylation is 2. The lowest BCUT2D eigenvalue weighted by molar-refractivity contribution is 0.405. The second-order valence-electron chi connectivity index (χ2n) is 4.17. The molecule has 0 spiro atoms. The van der Waals surface area contributed by atoms with Gasteiger partial charge in [-0.15, -0.1) is 0 Å². The average Bonchev–Trinajstić information content (AvgIpc) is 2.83. The molecule has 3 rings (SSSR count).